The van der Waals surface area contributed by atoms with Gasteiger partial charge in [0.25, 0.3) is 0 Å². The van der Waals surface area contributed by atoms with E-state index in [9.17, 15) is 4.79 Å². The number of hydrogen-bond acceptors (Lipinski definition) is 2. The summed E-state index contributed by atoms with van der Waals surface area (Å²) in [6, 6.07) is 19.4. The van der Waals surface area contributed by atoms with Gasteiger partial charge in [0.1, 0.15) is 0 Å². The highest BCUT2D eigenvalue weighted by Crippen LogP contribution is 2.23. The van der Waals surface area contributed by atoms with Gasteiger partial charge in [-0.2, -0.15) is 0 Å². The average molecular weight is 340 g/mol. The van der Waals surface area contributed by atoms with Crippen LogP contribution in [0.5, 0.6) is 0 Å². The predicted octanol–water partition coefficient (Wildman–Crippen LogP) is 4.61. The fourth-order valence-corrected chi connectivity index (χ4v) is 2.65. The highest BCUT2D eigenvalue weighted by Gasteiger charge is 2.12. The van der Waals surface area contributed by atoms with Gasteiger partial charge in [-0.1, -0.05) is 52.3 Å². The minimum Gasteiger partial charge on any atom is -0.398 e. The normalized spacial score (nSPS) is 10.7. The highest BCUT2D eigenvalue weighted by atomic mass is 79.9. The van der Waals surface area contributed by atoms with Gasteiger partial charge >= 0.3 is 0 Å². The van der Waals surface area contributed by atoms with Gasteiger partial charge in [-0.05, 0) is 40.6 Å². The van der Waals surface area contributed by atoms with Crippen LogP contribution in [0.15, 0.2) is 65.1 Å². The van der Waals surface area contributed by atoms with E-state index in [0.29, 0.717) is 17.7 Å². The molecule has 0 bridgehead atoms. The average Bonchev–Trinajstić information content (AvgIpc) is 2.49. The Morgan fingerprint density at radius 3 is 2.24 bits per heavy atom. The molecule has 2 N–H and O–H groups in total. The summed E-state index contributed by atoms with van der Waals surface area (Å²) in [5.41, 5.74) is 8.15. The van der Waals surface area contributed by atoms with Crippen molar-refractivity contribution in [2.45, 2.75) is 6.42 Å². The zero-order valence-electron chi connectivity index (χ0n) is 11.3. The Bertz CT molecular complexity index is 809. The van der Waals surface area contributed by atoms with Crippen LogP contribution in [0.4, 0.5) is 5.69 Å². The molecule has 0 aromatic heterocycles. The number of Topliss-reactive ketones (excluding diaryl/α,β-unsaturated/α-hetero) is 1. The van der Waals surface area contributed by atoms with Crippen LogP contribution < -0.4 is 5.73 Å². The summed E-state index contributed by atoms with van der Waals surface area (Å²) < 4.78 is 1.00. The second-order valence-electron chi connectivity index (χ2n) is 5.01. The molecule has 0 aliphatic carbocycles. The lowest BCUT2D eigenvalue weighted by molar-refractivity contribution is 0.0994. The Morgan fingerprint density at radius 1 is 0.952 bits per heavy atom. The lowest BCUT2D eigenvalue weighted by atomic mass is 9.98. The lowest BCUT2D eigenvalue weighted by Crippen LogP contribution is -2.07. The summed E-state index contributed by atoms with van der Waals surface area (Å²) in [6.45, 7) is 0. The van der Waals surface area contributed by atoms with Gasteiger partial charge in [0.15, 0.2) is 5.78 Å². The van der Waals surface area contributed by atoms with Crippen LogP contribution in [0.1, 0.15) is 15.9 Å². The molecule has 0 radical (unpaired) electrons. The first-order valence-electron chi connectivity index (χ1n) is 6.69. The van der Waals surface area contributed by atoms with E-state index in [0.717, 1.165) is 20.8 Å². The molecule has 0 atom stereocenters. The Hall–Kier alpha value is -2.13. The fraction of sp³-hybridized carbons (Fsp3) is 0.0556. The van der Waals surface area contributed by atoms with E-state index in [1.165, 1.54) is 0 Å². The largest absolute Gasteiger partial charge is 0.398 e. The zero-order chi connectivity index (χ0) is 14.8. The van der Waals surface area contributed by atoms with Crippen molar-refractivity contribution >= 4 is 38.2 Å². The Balaban J connectivity index is 1.93. The predicted molar refractivity (Wildman–Crippen MR) is 90.5 cm³/mol. The molecule has 0 heterocycles. The molecule has 0 spiro atoms. The zero-order valence-corrected chi connectivity index (χ0v) is 12.9. The van der Waals surface area contributed by atoms with Gasteiger partial charge in [-0.25, -0.2) is 0 Å². The molecule has 21 heavy (non-hydrogen) atoms. The molecule has 3 aromatic rings. The molecule has 0 aliphatic rings. The maximum Gasteiger partial charge on any atom is 0.169 e. The first-order valence-corrected chi connectivity index (χ1v) is 7.49. The number of carbonyl (C=O) groups excluding carboxylic acids is 1. The van der Waals surface area contributed by atoms with E-state index in [1.807, 2.05) is 60.7 Å². The minimum atomic E-state index is 0.0422. The molecule has 0 unspecified atom stereocenters. The first-order chi connectivity index (χ1) is 10.1. The third-order valence-electron chi connectivity index (χ3n) is 3.50. The van der Waals surface area contributed by atoms with Crippen molar-refractivity contribution in [3.63, 3.8) is 0 Å². The van der Waals surface area contributed by atoms with Crippen molar-refractivity contribution in [1.82, 2.24) is 0 Å². The second-order valence-corrected chi connectivity index (χ2v) is 5.93. The van der Waals surface area contributed by atoms with Crippen LogP contribution in [0.25, 0.3) is 10.8 Å². The number of anilines is 1. The number of fused-ring (bicyclic) bond motifs is 1. The molecule has 3 heteroatoms. The smallest absolute Gasteiger partial charge is 0.169 e. The van der Waals surface area contributed by atoms with Gasteiger partial charge < -0.3 is 5.73 Å². The summed E-state index contributed by atoms with van der Waals surface area (Å²) in [6.07, 6.45) is 0.357. The van der Waals surface area contributed by atoms with Gasteiger partial charge in [-0.15, -0.1) is 0 Å². The number of halogens is 1. The fourth-order valence-electron chi connectivity index (χ4n) is 2.38. The van der Waals surface area contributed by atoms with E-state index in [1.54, 1.807) is 0 Å². The monoisotopic (exact) mass is 339 g/mol. The molecule has 0 aliphatic heterocycles. The van der Waals surface area contributed by atoms with Crippen molar-refractivity contribution in [3.05, 3.63) is 76.3 Å². The summed E-state index contributed by atoms with van der Waals surface area (Å²) in [7, 11) is 0. The van der Waals surface area contributed by atoms with E-state index in [-0.39, 0.29) is 5.78 Å². The van der Waals surface area contributed by atoms with Gasteiger partial charge in [-0.3, -0.25) is 4.79 Å². The van der Waals surface area contributed by atoms with Gasteiger partial charge in [0.05, 0.1) is 0 Å². The van der Waals surface area contributed by atoms with Crippen molar-refractivity contribution in [3.8, 4) is 0 Å². The maximum atomic E-state index is 12.5. The number of rotatable bonds is 3. The van der Waals surface area contributed by atoms with Crippen LogP contribution in [-0.4, -0.2) is 5.78 Å². The number of nitrogen functional groups attached to an aromatic ring is 1. The molecule has 3 aromatic carbocycles. The van der Waals surface area contributed by atoms with Crippen LogP contribution in [0, 0.1) is 0 Å². The molecule has 0 saturated carbocycles. The molecule has 0 saturated heterocycles. The molecule has 0 fully saturated rings. The van der Waals surface area contributed by atoms with E-state index in [4.69, 9.17) is 5.73 Å². The first kappa shape index (κ1) is 13.8. The van der Waals surface area contributed by atoms with Crippen LogP contribution in [0.2, 0.25) is 0 Å². The third kappa shape index (κ3) is 2.98. The number of carbonyl (C=O) groups is 1. The SMILES string of the molecule is Nc1cc2ccccc2cc1C(=O)Cc1ccc(Br)cc1. The standard InChI is InChI=1S/C18H14BrNO/c19-15-7-5-12(6-8-15)9-18(21)16-10-13-3-1-2-4-14(13)11-17(16)20/h1-8,10-11H,9,20H2. The van der Waals surface area contributed by atoms with Crippen LogP contribution in [-0.2, 0) is 6.42 Å². The number of ketones is 1. The Kier molecular flexibility index (Phi) is 3.76. The van der Waals surface area contributed by atoms with Gasteiger partial charge in [0.2, 0.25) is 0 Å². The number of hydrogen-bond donors (Lipinski definition) is 1. The summed E-state index contributed by atoms with van der Waals surface area (Å²) in [5, 5.41) is 2.08. The molecular formula is C18H14BrNO. The third-order valence-corrected chi connectivity index (χ3v) is 4.02. The molecule has 104 valence electrons. The van der Waals surface area contributed by atoms with E-state index < -0.39 is 0 Å². The Labute approximate surface area is 131 Å². The minimum absolute atomic E-state index is 0.0422. The summed E-state index contributed by atoms with van der Waals surface area (Å²) in [5.74, 6) is 0.0422. The lowest BCUT2D eigenvalue weighted by Gasteiger charge is -2.08. The Morgan fingerprint density at radius 2 is 1.57 bits per heavy atom. The van der Waals surface area contributed by atoms with Crippen molar-refractivity contribution < 1.29 is 4.79 Å². The topological polar surface area (TPSA) is 43.1 Å². The van der Waals surface area contributed by atoms with Crippen molar-refractivity contribution in [1.29, 1.82) is 0 Å². The quantitative estimate of drug-likeness (QED) is 0.559. The summed E-state index contributed by atoms with van der Waals surface area (Å²) >= 11 is 3.39. The molecular weight excluding hydrogens is 326 g/mol. The number of nitrogens with two attached hydrogens (primary N) is 1. The van der Waals surface area contributed by atoms with Crippen LogP contribution >= 0.6 is 15.9 Å². The van der Waals surface area contributed by atoms with Crippen molar-refractivity contribution in [2.24, 2.45) is 0 Å². The summed E-state index contributed by atoms with van der Waals surface area (Å²) in [4.78, 5) is 12.5. The molecule has 0 amide bonds. The maximum absolute atomic E-state index is 12.5. The van der Waals surface area contributed by atoms with Crippen LogP contribution in [0.3, 0.4) is 0 Å². The second kappa shape index (κ2) is 5.70. The van der Waals surface area contributed by atoms with Crippen molar-refractivity contribution in [2.75, 3.05) is 5.73 Å². The van der Waals surface area contributed by atoms with E-state index in [2.05, 4.69) is 15.9 Å². The van der Waals surface area contributed by atoms with Gasteiger partial charge in [0, 0.05) is 22.1 Å². The molecule has 2 nitrogen and oxygen atoms in total. The number of benzene rings is 3. The van der Waals surface area contributed by atoms with E-state index >= 15 is 0 Å². The highest BCUT2D eigenvalue weighted by molar-refractivity contribution is 9.10. The molecule has 3 rings (SSSR count).